The summed E-state index contributed by atoms with van der Waals surface area (Å²) in [6, 6.07) is 11.5. The maximum Gasteiger partial charge on any atom is 0.258 e. The van der Waals surface area contributed by atoms with Crippen molar-refractivity contribution in [2.45, 2.75) is 19.9 Å². The Balaban J connectivity index is 1.89. The molecular weight excluding hydrogens is 350 g/mol. The lowest BCUT2D eigenvalue weighted by atomic mass is 10.0. The van der Waals surface area contributed by atoms with Crippen LogP contribution in [0.4, 0.5) is 0 Å². The van der Waals surface area contributed by atoms with Crippen molar-refractivity contribution in [1.29, 1.82) is 0 Å². The van der Waals surface area contributed by atoms with E-state index in [0.717, 1.165) is 4.47 Å². The number of hydrogen-bond donors (Lipinski definition) is 1. The fourth-order valence-electron chi connectivity index (χ4n) is 1.93. The van der Waals surface area contributed by atoms with Gasteiger partial charge in [-0.1, -0.05) is 35.8 Å². The number of halogens is 1. The summed E-state index contributed by atoms with van der Waals surface area (Å²) in [7, 11) is 0. The molecule has 2 rings (SSSR count). The molecule has 1 aromatic carbocycles. The van der Waals surface area contributed by atoms with E-state index in [1.807, 2.05) is 41.8 Å². The summed E-state index contributed by atoms with van der Waals surface area (Å²) in [5.74, 6) is 0.913. The van der Waals surface area contributed by atoms with Crippen molar-refractivity contribution in [3.05, 3.63) is 51.1 Å². The van der Waals surface area contributed by atoms with Crippen LogP contribution in [0, 0.1) is 5.92 Å². The van der Waals surface area contributed by atoms with E-state index < -0.39 is 0 Å². The van der Waals surface area contributed by atoms with E-state index in [0.29, 0.717) is 11.7 Å². The van der Waals surface area contributed by atoms with Crippen LogP contribution in [0.2, 0.25) is 0 Å². The maximum absolute atomic E-state index is 12.1. The van der Waals surface area contributed by atoms with Crippen LogP contribution < -0.4 is 10.1 Å². The Bertz CT molecular complexity index is 566. The van der Waals surface area contributed by atoms with Gasteiger partial charge >= 0.3 is 0 Å². The van der Waals surface area contributed by atoms with Crippen molar-refractivity contribution in [3.63, 3.8) is 0 Å². The Kier molecular flexibility index (Phi) is 5.82. The zero-order valence-electron chi connectivity index (χ0n) is 12.0. The van der Waals surface area contributed by atoms with E-state index in [1.54, 1.807) is 11.3 Å². The highest BCUT2D eigenvalue weighted by Crippen LogP contribution is 2.25. The molecular formula is C16H18BrNO2S. The van der Waals surface area contributed by atoms with Gasteiger partial charge in [0.25, 0.3) is 5.91 Å². The van der Waals surface area contributed by atoms with Crippen LogP contribution in [0.25, 0.3) is 0 Å². The van der Waals surface area contributed by atoms with Gasteiger partial charge in [-0.15, -0.1) is 11.3 Å². The van der Waals surface area contributed by atoms with Gasteiger partial charge in [0.05, 0.1) is 6.04 Å². The fourth-order valence-corrected chi connectivity index (χ4v) is 3.14. The molecule has 5 heteroatoms. The first-order valence-corrected chi connectivity index (χ1v) is 8.44. The summed E-state index contributed by atoms with van der Waals surface area (Å²) in [6.07, 6.45) is 0. The monoisotopic (exact) mass is 367 g/mol. The van der Waals surface area contributed by atoms with E-state index in [4.69, 9.17) is 4.74 Å². The quantitative estimate of drug-likeness (QED) is 0.821. The Labute approximate surface area is 137 Å². The van der Waals surface area contributed by atoms with Gasteiger partial charge in [-0.2, -0.15) is 0 Å². The highest BCUT2D eigenvalue weighted by atomic mass is 79.9. The Morgan fingerprint density at radius 1 is 1.29 bits per heavy atom. The lowest BCUT2D eigenvalue weighted by Gasteiger charge is -2.21. The molecule has 1 atom stereocenters. The predicted octanol–water partition coefficient (Wildman–Crippen LogP) is 4.40. The standard InChI is InChI=1S/C16H18BrNO2S/c1-11(2)16(14-4-3-9-21-14)18-15(19)10-20-13-7-5-12(17)6-8-13/h3-9,11,16H,10H2,1-2H3,(H,18,19)/t16-/m1/s1. The lowest BCUT2D eigenvalue weighted by molar-refractivity contribution is -0.124. The van der Waals surface area contributed by atoms with E-state index in [-0.39, 0.29) is 18.6 Å². The number of carbonyl (C=O) groups is 1. The van der Waals surface area contributed by atoms with Crippen LogP contribution in [-0.4, -0.2) is 12.5 Å². The Hall–Kier alpha value is -1.33. The van der Waals surface area contributed by atoms with Gasteiger partial charge < -0.3 is 10.1 Å². The minimum Gasteiger partial charge on any atom is -0.484 e. The number of benzene rings is 1. The second-order valence-electron chi connectivity index (χ2n) is 5.05. The highest BCUT2D eigenvalue weighted by molar-refractivity contribution is 9.10. The van der Waals surface area contributed by atoms with Crippen molar-refractivity contribution >= 4 is 33.2 Å². The van der Waals surface area contributed by atoms with Gasteiger partial charge in [0, 0.05) is 9.35 Å². The number of hydrogen-bond acceptors (Lipinski definition) is 3. The summed E-state index contributed by atoms with van der Waals surface area (Å²) >= 11 is 5.02. The minimum absolute atomic E-state index is 0.0240. The van der Waals surface area contributed by atoms with Gasteiger partial charge in [-0.25, -0.2) is 0 Å². The van der Waals surface area contributed by atoms with Crippen molar-refractivity contribution < 1.29 is 9.53 Å². The van der Waals surface area contributed by atoms with Crippen LogP contribution in [0.1, 0.15) is 24.8 Å². The summed E-state index contributed by atoms with van der Waals surface area (Å²) in [6.45, 7) is 4.22. The molecule has 1 amide bonds. The molecule has 0 saturated carbocycles. The second-order valence-corrected chi connectivity index (χ2v) is 6.94. The van der Waals surface area contributed by atoms with Crippen molar-refractivity contribution in [3.8, 4) is 5.75 Å². The number of carbonyl (C=O) groups excluding carboxylic acids is 1. The molecule has 1 N–H and O–H groups in total. The summed E-state index contributed by atoms with van der Waals surface area (Å²) in [5.41, 5.74) is 0. The van der Waals surface area contributed by atoms with Gasteiger partial charge in [-0.05, 0) is 41.6 Å². The zero-order chi connectivity index (χ0) is 15.2. The zero-order valence-corrected chi connectivity index (χ0v) is 14.4. The summed E-state index contributed by atoms with van der Waals surface area (Å²) in [4.78, 5) is 13.2. The number of ether oxygens (including phenoxy) is 1. The molecule has 0 unspecified atom stereocenters. The molecule has 0 aliphatic carbocycles. The van der Waals surface area contributed by atoms with Crippen LogP contribution in [-0.2, 0) is 4.79 Å². The third-order valence-electron chi connectivity index (χ3n) is 3.02. The molecule has 0 saturated heterocycles. The molecule has 21 heavy (non-hydrogen) atoms. The Morgan fingerprint density at radius 3 is 2.57 bits per heavy atom. The number of amides is 1. The molecule has 112 valence electrons. The van der Waals surface area contributed by atoms with Gasteiger partial charge in [0.1, 0.15) is 5.75 Å². The topological polar surface area (TPSA) is 38.3 Å². The third kappa shape index (κ3) is 4.86. The minimum atomic E-state index is -0.106. The average Bonchev–Trinajstić information content (AvgIpc) is 2.97. The van der Waals surface area contributed by atoms with Crippen LogP contribution in [0.15, 0.2) is 46.3 Å². The first-order valence-electron chi connectivity index (χ1n) is 6.77. The first kappa shape index (κ1) is 16.0. The normalized spacial score (nSPS) is 12.2. The molecule has 1 heterocycles. The summed E-state index contributed by atoms with van der Waals surface area (Å²) < 4.78 is 6.47. The largest absolute Gasteiger partial charge is 0.484 e. The molecule has 0 spiro atoms. The van der Waals surface area contributed by atoms with Crippen LogP contribution >= 0.6 is 27.3 Å². The number of thiophene rings is 1. The smallest absolute Gasteiger partial charge is 0.258 e. The predicted molar refractivity (Wildman–Crippen MR) is 89.7 cm³/mol. The molecule has 3 nitrogen and oxygen atoms in total. The molecule has 2 aromatic rings. The molecule has 0 bridgehead atoms. The van der Waals surface area contributed by atoms with Gasteiger partial charge in [0.15, 0.2) is 6.61 Å². The van der Waals surface area contributed by atoms with Gasteiger partial charge in [0.2, 0.25) is 0 Å². The fraction of sp³-hybridized carbons (Fsp3) is 0.312. The van der Waals surface area contributed by atoms with E-state index in [9.17, 15) is 4.79 Å². The number of rotatable bonds is 6. The van der Waals surface area contributed by atoms with Crippen LogP contribution in [0.5, 0.6) is 5.75 Å². The maximum atomic E-state index is 12.1. The van der Waals surface area contributed by atoms with E-state index in [2.05, 4.69) is 35.1 Å². The first-order chi connectivity index (χ1) is 10.1. The molecule has 0 aliphatic heterocycles. The SMILES string of the molecule is CC(C)[C@@H](NC(=O)COc1ccc(Br)cc1)c1cccs1. The molecule has 0 fully saturated rings. The third-order valence-corrected chi connectivity index (χ3v) is 4.50. The Morgan fingerprint density at radius 2 is 2.00 bits per heavy atom. The average molecular weight is 368 g/mol. The van der Waals surface area contributed by atoms with Crippen molar-refractivity contribution in [2.24, 2.45) is 5.92 Å². The van der Waals surface area contributed by atoms with Crippen molar-refractivity contribution in [2.75, 3.05) is 6.61 Å². The highest BCUT2D eigenvalue weighted by Gasteiger charge is 2.19. The lowest BCUT2D eigenvalue weighted by Crippen LogP contribution is -2.34. The van der Waals surface area contributed by atoms with Crippen LogP contribution in [0.3, 0.4) is 0 Å². The molecule has 0 radical (unpaired) electrons. The van der Waals surface area contributed by atoms with Crippen molar-refractivity contribution in [1.82, 2.24) is 5.32 Å². The van der Waals surface area contributed by atoms with E-state index in [1.165, 1.54) is 4.88 Å². The van der Waals surface area contributed by atoms with E-state index >= 15 is 0 Å². The van der Waals surface area contributed by atoms with Gasteiger partial charge in [-0.3, -0.25) is 4.79 Å². The summed E-state index contributed by atoms with van der Waals surface area (Å²) in [5, 5.41) is 5.06. The molecule has 1 aromatic heterocycles. The molecule has 0 aliphatic rings. The second kappa shape index (κ2) is 7.61. The number of nitrogens with one attached hydrogen (secondary N) is 1.